The summed E-state index contributed by atoms with van der Waals surface area (Å²) < 4.78 is 5.15. The van der Waals surface area contributed by atoms with Gasteiger partial charge in [-0.05, 0) is 24.3 Å². The molecule has 17 heavy (non-hydrogen) atoms. The largest absolute Gasteiger partial charge is 0.508 e. The van der Waals surface area contributed by atoms with Crippen LogP contribution < -0.4 is 0 Å². The zero-order valence-electron chi connectivity index (χ0n) is 8.57. The average Bonchev–Trinajstić information content (AvgIpc) is 3.00. The van der Waals surface area contributed by atoms with E-state index in [0.717, 1.165) is 10.4 Å². The minimum atomic E-state index is 0.205. The molecule has 0 atom stereocenters. The Bertz CT molecular complexity index is 616. The molecule has 0 aliphatic heterocycles. The molecule has 3 rings (SSSR count). The van der Waals surface area contributed by atoms with Crippen LogP contribution in [0.1, 0.15) is 0 Å². The number of benzene rings is 1. The van der Waals surface area contributed by atoms with Crippen LogP contribution in [-0.4, -0.2) is 20.2 Å². The lowest BCUT2D eigenvalue weighted by Crippen LogP contribution is -1.77. The van der Waals surface area contributed by atoms with E-state index < -0.39 is 0 Å². The summed E-state index contributed by atoms with van der Waals surface area (Å²) in [5, 5.41) is 13.1. The van der Waals surface area contributed by atoms with Gasteiger partial charge in [-0.3, -0.25) is 4.98 Å². The van der Waals surface area contributed by atoms with Gasteiger partial charge in [0.2, 0.25) is 5.82 Å². The molecule has 0 bridgehead atoms. The van der Waals surface area contributed by atoms with Crippen LogP contribution in [0.2, 0.25) is 0 Å². The first-order chi connectivity index (χ1) is 8.33. The lowest BCUT2D eigenvalue weighted by Gasteiger charge is -1.93. The number of aromatic nitrogens is 3. The predicted octanol–water partition coefficient (Wildman–Crippen LogP) is 2.57. The van der Waals surface area contributed by atoms with E-state index in [1.54, 1.807) is 36.0 Å². The first kappa shape index (κ1) is 9.98. The molecule has 2 heterocycles. The van der Waals surface area contributed by atoms with Crippen LogP contribution in [0, 0.1) is 0 Å². The van der Waals surface area contributed by atoms with E-state index >= 15 is 0 Å². The minimum Gasteiger partial charge on any atom is -0.508 e. The highest BCUT2D eigenvalue weighted by atomic mass is 32.1. The maximum Gasteiger partial charge on any atom is 0.258 e. The van der Waals surface area contributed by atoms with E-state index in [1.807, 2.05) is 0 Å². The number of hydrogen-bond acceptors (Lipinski definition) is 6. The maximum atomic E-state index is 9.19. The third-order valence-corrected chi connectivity index (χ3v) is 2.96. The molecule has 1 aromatic carbocycles. The van der Waals surface area contributed by atoms with Crippen LogP contribution in [0.25, 0.3) is 22.2 Å². The monoisotopic (exact) mass is 245 g/mol. The van der Waals surface area contributed by atoms with Crippen LogP contribution in [0.3, 0.4) is 0 Å². The van der Waals surface area contributed by atoms with Gasteiger partial charge >= 0.3 is 0 Å². The molecule has 0 unspecified atom stereocenters. The van der Waals surface area contributed by atoms with Crippen molar-refractivity contribution in [2.75, 3.05) is 0 Å². The molecule has 3 aromatic rings. The van der Waals surface area contributed by atoms with Gasteiger partial charge in [-0.1, -0.05) is 5.16 Å². The zero-order chi connectivity index (χ0) is 11.7. The fourth-order valence-electron chi connectivity index (χ4n) is 1.37. The van der Waals surface area contributed by atoms with Crippen molar-refractivity contribution in [2.24, 2.45) is 0 Å². The van der Waals surface area contributed by atoms with E-state index in [9.17, 15) is 5.11 Å². The molecule has 0 fully saturated rings. The fourth-order valence-corrected chi connectivity index (χ4v) is 1.92. The van der Waals surface area contributed by atoms with Gasteiger partial charge in [0.1, 0.15) is 5.75 Å². The zero-order valence-corrected chi connectivity index (χ0v) is 9.39. The van der Waals surface area contributed by atoms with Crippen molar-refractivity contribution < 1.29 is 9.63 Å². The van der Waals surface area contributed by atoms with Gasteiger partial charge in [-0.25, -0.2) is 0 Å². The molecule has 0 spiro atoms. The van der Waals surface area contributed by atoms with Gasteiger partial charge in [0, 0.05) is 11.8 Å². The summed E-state index contributed by atoms with van der Waals surface area (Å²) in [5.74, 6) is 1.15. The highest BCUT2D eigenvalue weighted by Crippen LogP contribution is 2.25. The normalized spacial score (nSPS) is 10.6. The molecule has 2 aromatic heterocycles. The average molecular weight is 245 g/mol. The lowest BCUT2D eigenvalue weighted by molar-refractivity contribution is 0.432. The third kappa shape index (κ3) is 1.90. The van der Waals surface area contributed by atoms with Crippen LogP contribution in [0.5, 0.6) is 5.75 Å². The summed E-state index contributed by atoms with van der Waals surface area (Å²) in [7, 11) is 0. The van der Waals surface area contributed by atoms with Crippen molar-refractivity contribution in [1.29, 1.82) is 0 Å². The molecule has 0 amide bonds. The van der Waals surface area contributed by atoms with Gasteiger partial charge in [0.25, 0.3) is 5.89 Å². The Hall–Kier alpha value is -2.21. The van der Waals surface area contributed by atoms with Gasteiger partial charge in [-0.15, -0.1) is 11.3 Å². The van der Waals surface area contributed by atoms with Crippen molar-refractivity contribution in [2.45, 2.75) is 0 Å². The molecular formula is C11H7N3O2S. The van der Waals surface area contributed by atoms with Gasteiger partial charge in [0.05, 0.1) is 10.4 Å². The third-order valence-electron chi connectivity index (χ3n) is 2.19. The van der Waals surface area contributed by atoms with Gasteiger partial charge in [-0.2, -0.15) is 4.98 Å². The second-order valence-corrected chi connectivity index (χ2v) is 4.22. The topological polar surface area (TPSA) is 72.0 Å². The van der Waals surface area contributed by atoms with E-state index in [0.29, 0.717) is 11.7 Å². The molecule has 0 saturated heterocycles. The Morgan fingerprint density at radius 3 is 2.71 bits per heavy atom. The Morgan fingerprint density at radius 2 is 2.00 bits per heavy atom. The highest BCUT2D eigenvalue weighted by Gasteiger charge is 2.11. The van der Waals surface area contributed by atoms with Crippen LogP contribution in [0.4, 0.5) is 0 Å². The lowest BCUT2D eigenvalue weighted by atomic mass is 10.2. The van der Waals surface area contributed by atoms with Gasteiger partial charge < -0.3 is 9.63 Å². The number of nitrogens with zero attached hydrogens (tertiary/aromatic N) is 3. The molecule has 84 valence electrons. The summed E-state index contributed by atoms with van der Waals surface area (Å²) in [6, 6.07) is 6.59. The van der Waals surface area contributed by atoms with Crippen molar-refractivity contribution >= 4 is 11.3 Å². The minimum absolute atomic E-state index is 0.205. The predicted molar refractivity (Wildman–Crippen MR) is 62.5 cm³/mol. The second-order valence-electron chi connectivity index (χ2n) is 3.34. The quantitative estimate of drug-likeness (QED) is 0.751. The number of rotatable bonds is 2. The first-order valence-electron chi connectivity index (χ1n) is 4.85. The summed E-state index contributed by atoms with van der Waals surface area (Å²) >= 11 is 1.45. The standard InChI is InChI=1S/C11H7N3O2S/c15-8-3-1-7(2-4-8)11-13-10(14-16-11)9-5-12-6-17-9/h1-6,15H. The Labute approximate surface area is 100 Å². The second kappa shape index (κ2) is 3.99. The summed E-state index contributed by atoms with van der Waals surface area (Å²) in [5.41, 5.74) is 2.48. The Balaban J connectivity index is 1.98. The molecule has 0 aliphatic rings. The van der Waals surface area contributed by atoms with Crippen LogP contribution >= 0.6 is 11.3 Å². The van der Waals surface area contributed by atoms with Crippen molar-refractivity contribution in [3.63, 3.8) is 0 Å². The summed E-state index contributed by atoms with van der Waals surface area (Å²) in [4.78, 5) is 9.08. The number of thiazole rings is 1. The molecule has 1 N–H and O–H groups in total. The summed E-state index contributed by atoms with van der Waals surface area (Å²) in [6.07, 6.45) is 1.69. The van der Waals surface area contributed by atoms with Crippen molar-refractivity contribution in [3.8, 4) is 27.9 Å². The number of aromatic hydroxyl groups is 1. The van der Waals surface area contributed by atoms with Crippen LogP contribution in [-0.2, 0) is 0 Å². The van der Waals surface area contributed by atoms with Crippen molar-refractivity contribution in [3.05, 3.63) is 36.0 Å². The number of hydrogen-bond donors (Lipinski definition) is 1. The van der Waals surface area contributed by atoms with Gasteiger partial charge in [0.15, 0.2) is 0 Å². The molecule has 0 radical (unpaired) electrons. The molecular weight excluding hydrogens is 238 g/mol. The van der Waals surface area contributed by atoms with Crippen molar-refractivity contribution in [1.82, 2.24) is 15.1 Å². The number of phenols is 1. The summed E-state index contributed by atoms with van der Waals surface area (Å²) in [6.45, 7) is 0. The van der Waals surface area contributed by atoms with Crippen LogP contribution in [0.15, 0.2) is 40.5 Å². The van der Waals surface area contributed by atoms with E-state index in [-0.39, 0.29) is 5.75 Å². The first-order valence-corrected chi connectivity index (χ1v) is 5.73. The van der Waals surface area contributed by atoms with E-state index in [2.05, 4.69) is 15.1 Å². The smallest absolute Gasteiger partial charge is 0.258 e. The maximum absolute atomic E-state index is 9.19. The molecule has 5 nitrogen and oxygen atoms in total. The van der Waals surface area contributed by atoms with E-state index in [4.69, 9.17) is 4.52 Å². The fraction of sp³-hybridized carbons (Fsp3) is 0. The molecule has 0 aliphatic carbocycles. The SMILES string of the molecule is Oc1ccc(-c2nc(-c3cncs3)no2)cc1. The molecule has 6 heteroatoms. The number of phenolic OH excluding ortho intramolecular Hbond substituents is 1. The Morgan fingerprint density at radius 1 is 1.18 bits per heavy atom. The highest BCUT2D eigenvalue weighted by molar-refractivity contribution is 7.13. The molecule has 0 saturated carbocycles. The van der Waals surface area contributed by atoms with E-state index in [1.165, 1.54) is 11.3 Å². The Kier molecular flexibility index (Phi) is 2.34.